The smallest absolute Gasteiger partial charge is 0.184 e. The normalized spacial score (nSPS) is 13.4. The average molecular weight is 201 g/mol. The standard InChI is InChI=1S/C11H25OSi/c1-7-8-9-10-11(2,3)12-13(4,5)6/h1,7-10H2,2-6H3. The van der Waals surface area contributed by atoms with Crippen LogP contribution in [-0.2, 0) is 4.43 Å². The van der Waals surface area contributed by atoms with E-state index in [0.29, 0.717) is 0 Å². The van der Waals surface area contributed by atoms with Crippen molar-refractivity contribution in [1.29, 1.82) is 0 Å². The van der Waals surface area contributed by atoms with Gasteiger partial charge in [0, 0.05) is 0 Å². The van der Waals surface area contributed by atoms with Crippen molar-refractivity contribution in [3.63, 3.8) is 0 Å². The highest BCUT2D eigenvalue weighted by Gasteiger charge is 2.26. The third-order valence-corrected chi connectivity index (χ3v) is 3.03. The minimum absolute atomic E-state index is 0.0691. The quantitative estimate of drug-likeness (QED) is 0.466. The number of rotatable bonds is 6. The SMILES string of the molecule is [CH2]CCCCC(C)(C)O[Si](C)(C)C. The zero-order chi connectivity index (χ0) is 10.5. The van der Waals surface area contributed by atoms with Crippen LogP contribution in [0.25, 0.3) is 0 Å². The molecule has 0 aliphatic heterocycles. The molecule has 0 saturated heterocycles. The summed E-state index contributed by atoms with van der Waals surface area (Å²) < 4.78 is 6.09. The fourth-order valence-electron chi connectivity index (χ4n) is 1.61. The highest BCUT2D eigenvalue weighted by Crippen LogP contribution is 2.23. The van der Waals surface area contributed by atoms with Gasteiger partial charge in [-0.15, -0.1) is 0 Å². The summed E-state index contributed by atoms with van der Waals surface area (Å²) in [4.78, 5) is 0. The van der Waals surface area contributed by atoms with Crippen molar-refractivity contribution in [3.8, 4) is 0 Å². The molecule has 0 aliphatic carbocycles. The molecule has 0 aliphatic rings. The Hall–Kier alpha value is 0.177. The highest BCUT2D eigenvalue weighted by molar-refractivity contribution is 6.69. The van der Waals surface area contributed by atoms with Crippen LogP contribution in [0.3, 0.4) is 0 Å². The van der Waals surface area contributed by atoms with Gasteiger partial charge in [-0.25, -0.2) is 0 Å². The van der Waals surface area contributed by atoms with Gasteiger partial charge in [-0.2, -0.15) is 0 Å². The zero-order valence-electron chi connectivity index (χ0n) is 9.94. The predicted octanol–water partition coefficient (Wildman–Crippen LogP) is 4.01. The molecule has 0 heterocycles. The van der Waals surface area contributed by atoms with E-state index in [1.165, 1.54) is 12.8 Å². The van der Waals surface area contributed by atoms with Gasteiger partial charge < -0.3 is 4.43 Å². The zero-order valence-corrected chi connectivity index (χ0v) is 10.9. The summed E-state index contributed by atoms with van der Waals surface area (Å²) in [6, 6.07) is 0. The van der Waals surface area contributed by atoms with Gasteiger partial charge in [-0.3, -0.25) is 0 Å². The molecule has 0 aromatic rings. The summed E-state index contributed by atoms with van der Waals surface area (Å²) in [7, 11) is -1.37. The lowest BCUT2D eigenvalue weighted by atomic mass is 10.0. The van der Waals surface area contributed by atoms with Crippen LogP contribution in [0.5, 0.6) is 0 Å². The van der Waals surface area contributed by atoms with Gasteiger partial charge in [-0.05, 0) is 39.9 Å². The van der Waals surface area contributed by atoms with Crippen molar-refractivity contribution in [3.05, 3.63) is 6.92 Å². The van der Waals surface area contributed by atoms with Crippen molar-refractivity contribution in [2.24, 2.45) is 0 Å². The maximum Gasteiger partial charge on any atom is 0.184 e. The van der Waals surface area contributed by atoms with E-state index in [1.807, 2.05) is 0 Å². The minimum atomic E-state index is -1.37. The van der Waals surface area contributed by atoms with Crippen molar-refractivity contribution >= 4 is 8.32 Å². The van der Waals surface area contributed by atoms with Gasteiger partial charge in [0.2, 0.25) is 0 Å². The van der Waals surface area contributed by atoms with Crippen molar-refractivity contribution in [1.82, 2.24) is 0 Å². The Kier molecular flexibility index (Phi) is 5.23. The molecule has 2 heteroatoms. The van der Waals surface area contributed by atoms with Crippen LogP contribution in [0.1, 0.15) is 39.5 Å². The maximum atomic E-state index is 6.09. The lowest BCUT2D eigenvalue weighted by molar-refractivity contribution is 0.0883. The monoisotopic (exact) mass is 201 g/mol. The Labute approximate surface area is 85.0 Å². The number of hydrogen-bond acceptors (Lipinski definition) is 1. The molecule has 1 nitrogen and oxygen atoms in total. The highest BCUT2D eigenvalue weighted by atomic mass is 28.4. The van der Waals surface area contributed by atoms with Crippen LogP contribution in [0.2, 0.25) is 19.6 Å². The Morgan fingerprint density at radius 1 is 1.15 bits per heavy atom. The van der Waals surface area contributed by atoms with Crippen molar-refractivity contribution < 1.29 is 4.43 Å². The molecule has 0 saturated carbocycles. The molecule has 13 heavy (non-hydrogen) atoms. The second kappa shape index (κ2) is 5.16. The lowest BCUT2D eigenvalue weighted by Gasteiger charge is -2.33. The first-order valence-corrected chi connectivity index (χ1v) is 8.67. The van der Waals surface area contributed by atoms with E-state index in [0.717, 1.165) is 12.8 Å². The van der Waals surface area contributed by atoms with E-state index < -0.39 is 8.32 Å². The predicted molar refractivity (Wildman–Crippen MR) is 62.3 cm³/mol. The molecule has 0 N–H and O–H groups in total. The topological polar surface area (TPSA) is 9.23 Å². The molecule has 0 unspecified atom stereocenters. The third-order valence-electron chi connectivity index (χ3n) is 1.86. The molecule has 1 radical (unpaired) electrons. The number of hydrogen-bond donors (Lipinski definition) is 0. The molecule has 0 spiro atoms. The Bertz CT molecular complexity index is 136. The first kappa shape index (κ1) is 13.2. The van der Waals surface area contributed by atoms with Gasteiger partial charge in [0.05, 0.1) is 5.60 Å². The second-order valence-electron chi connectivity index (χ2n) is 5.28. The van der Waals surface area contributed by atoms with E-state index in [9.17, 15) is 0 Å². The first-order valence-electron chi connectivity index (χ1n) is 5.26. The van der Waals surface area contributed by atoms with Crippen LogP contribution in [-0.4, -0.2) is 13.9 Å². The molecule has 0 amide bonds. The Morgan fingerprint density at radius 2 is 1.69 bits per heavy atom. The Balaban J connectivity index is 3.80. The molecule has 0 bridgehead atoms. The van der Waals surface area contributed by atoms with E-state index >= 15 is 0 Å². The van der Waals surface area contributed by atoms with Crippen LogP contribution in [0, 0.1) is 6.92 Å². The van der Waals surface area contributed by atoms with Crippen LogP contribution >= 0.6 is 0 Å². The summed E-state index contributed by atoms with van der Waals surface area (Å²) in [5.41, 5.74) is 0.0691. The molecular formula is C11H25OSi. The molecule has 0 fully saturated rings. The molecule has 0 atom stereocenters. The fourth-order valence-corrected chi connectivity index (χ4v) is 3.37. The molecule has 0 aromatic carbocycles. The van der Waals surface area contributed by atoms with Crippen LogP contribution in [0.4, 0.5) is 0 Å². The molecule has 0 rings (SSSR count). The van der Waals surface area contributed by atoms with Gasteiger partial charge in [-0.1, -0.05) is 26.2 Å². The van der Waals surface area contributed by atoms with Crippen LogP contribution < -0.4 is 0 Å². The van der Waals surface area contributed by atoms with Gasteiger partial charge in [0.15, 0.2) is 8.32 Å². The maximum absolute atomic E-state index is 6.09. The fraction of sp³-hybridized carbons (Fsp3) is 0.909. The van der Waals surface area contributed by atoms with E-state index in [-0.39, 0.29) is 5.60 Å². The van der Waals surface area contributed by atoms with Gasteiger partial charge in [0.25, 0.3) is 0 Å². The summed E-state index contributed by atoms with van der Waals surface area (Å²) in [5, 5.41) is 0. The Morgan fingerprint density at radius 3 is 2.08 bits per heavy atom. The van der Waals surface area contributed by atoms with Crippen molar-refractivity contribution in [2.45, 2.75) is 64.8 Å². The molecule has 79 valence electrons. The molecular weight excluding hydrogens is 176 g/mol. The van der Waals surface area contributed by atoms with E-state index in [2.05, 4.69) is 40.4 Å². The largest absolute Gasteiger partial charge is 0.413 e. The summed E-state index contributed by atoms with van der Waals surface area (Å²) in [6.07, 6.45) is 4.66. The van der Waals surface area contributed by atoms with Gasteiger partial charge in [0.1, 0.15) is 0 Å². The number of unbranched alkanes of at least 4 members (excludes halogenated alkanes) is 2. The summed E-state index contributed by atoms with van der Waals surface area (Å²) >= 11 is 0. The van der Waals surface area contributed by atoms with E-state index in [1.54, 1.807) is 0 Å². The van der Waals surface area contributed by atoms with E-state index in [4.69, 9.17) is 4.43 Å². The summed E-state index contributed by atoms with van der Waals surface area (Å²) in [5.74, 6) is 0. The average Bonchev–Trinajstić information content (AvgIpc) is 1.81. The first-order chi connectivity index (χ1) is 5.77. The van der Waals surface area contributed by atoms with Crippen molar-refractivity contribution in [2.75, 3.05) is 0 Å². The third kappa shape index (κ3) is 8.51. The lowest BCUT2D eigenvalue weighted by Crippen LogP contribution is -2.38. The van der Waals surface area contributed by atoms with Crippen LogP contribution in [0.15, 0.2) is 0 Å². The second-order valence-corrected chi connectivity index (χ2v) is 9.71. The van der Waals surface area contributed by atoms with Gasteiger partial charge >= 0.3 is 0 Å². The molecule has 0 aromatic heterocycles. The minimum Gasteiger partial charge on any atom is -0.413 e. The summed E-state index contributed by atoms with van der Waals surface area (Å²) in [6.45, 7) is 15.0.